The van der Waals surface area contributed by atoms with E-state index in [1.54, 1.807) is 42.7 Å². The first-order chi connectivity index (χ1) is 19.5. The number of thiazole rings is 1. The van der Waals surface area contributed by atoms with Crippen molar-refractivity contribution in [2.24, 2.45) is 0 Å². The van der Waals surface area contributed by atoms with Gasteiger partial charge in [0.05, 0.1) is 27.7 Å². The number of nitrogens with zero attached hydrogens (tertiary/aromatic N) is 6. The summed E-state index contributed by atoms with van der Waals surface area (Å²) in [7, 11) is 0. The fourth-order valence-electron chi connectivity index (χ4n) is 5.28. The zero-order valence-corrected chi connectivity index (χ0v) is 21.3. The van der Waals surface area contributed by atoms with Crippen LogP contribution in [0.5, 0.6) is 11.5 Å². The Morgan fingerprint density at radius 1 is 0.950 bits per heavy atom. The molecule has 5 heterocycles. The Kier molecular flexibility index (Phi) is 5.13. The van der Waals surface area contributed by atoms with Crippen LogP contribution in [0.1, 0.15) is 22.6 Å². The Bertz CT molecular complexity index is 2270. The lowest BCUT2D eigenvalue weighted by atomic mass is 9.82. The van der Waals surface area contributed by atoms with Crippen molar-refractivity contribution in [3.05, 3.63) is 103 Å². The monoisotopic (exact) mass is 543 g/mol. The minimum absolute atomic E-state index is 0.00621. The van der Waals surface area contributed by atoms with Crippen molar-refractivity contribution in [3.63, 3.8) is 0 Å². The van der Waals surface area contributed by atoms with Crippen molar-refractivity contribution in [2.75, 3.05) is 5.73 Å². The molecular formula is C29H17N7O3S. The molecule has 0 saturated heterocycles. The molecule has 0 spiro atoms. The van der Waals surface area contributed by atoms with E-state index >= 15 is 0 Å². The van der Waals surface area contributed by atoms with Gasteiger partial charge in [-0.15, -0.1) is 11.3 Å². The van der Waals surface area contributed by atoms with E-state index in [9.17, 15) is 20.3 Å². The van der Waals surface area contributed by atoms with Crippen molar-refractivity contribution >= 4 is 50.6 Å². The number of fused-ring (bicyclic) bond motifs is 5. The van der Waals surface area contributed by atoms with E-state index in [4.69, 9.17) is 5.73 Å². The van der Waals surface area contributed by atoms with Crippen molar-refractivity contribution in [2.45, 2.75) is 5.92 Å². The van der Waals surface area contributed by atoms with Gasteiger partial charge in [-0.1, -0.05) is 24.3 Å². The summed E-state index contributed by atoms with van der Waals surface area (Å²) in [4.78, 5) is 31.1. The first-order valence-electron chi connectivity index (χ1n) is 12.1. The largest absolute Gasteiger partial charge is 0.506 e. The van der Waals surface area contributed by atoms with Gasteiger partial charge in [-0.2, -0.15) is 5.26 Å². The minimum atomic E-state index is -0.710. The second-order valence-electron chi connectivity index (χ2n) is 9.16. The quantitative estimate of drug-likeness (QED) is 0.297. The summed E-state index contributed by atoms with van der Waals surface area (Å²) in [6.45, 7) is 0. The van der Waals surface area contributed by atoms with Gasteiger partial charge in [-0.25, -0.2) is 14.5 Å². The molecule has 1 aliphatic heterocycles. The Balaban J connectivity index is 1.59. The van der Waals surface area contributed by atoms with Crippen molar-refractivity contribution in [1.82, 2.24) is 24.5 Å². The number of phenols is 2. The summed E-state index contributed by atoms with van der Waals surface area (Å²) >= 11 is 1.16. The van der Waals surface area contributed by atoms with Crippen LogP contribution in [0.4, 0.5) is 5.82 Å². The fraction of sp³-hybridized carbons (Fsp3) is 0.0345. The van der Waals surface area contributed by atoms with Gasteiger partial charge in [0.15, 0.2) is 5.82 Å². The van der Waals surface area contributed by atoms with E-state index in [1.807, 2.05) is 12.1 Å². The molecule has 1 atom stereocenters. The number of phenolic OH excluding ortho intramolecular Hbond substituents is 2. The molecular weight excluding hydrogens is 526 g/mol. The Labute approximate surface area is 228 Å². The average molecular weight is 544 g/mol. The van der Waals surface area contributed by atoms with Gasteiger partial charge in [0.25, 0.3) is 5.56 Å². The van der Waals surface area contributed by atoms with Crippen LogP contribution in [0.2, 0.25) is 0 Å². The molecule has 0 radical (unpaired) electrons. The fourth-order valence-corrected chi connectivity index (χ4v) is 6.39. The van der Waals surface area contributed by atoms with Crippen LogP contribution in [0.25, 0.3) is 39.3 Å². The summed E-state index contributed by atoms with van der Waals surface area (Å²) in [6.07, 6.45) is 6.17. The number of aromatic nitrogens is 5. The average Bonchev–Trinajstić information content (AvgIpc) is 3.30. The minimum Gasteiger partial charge on any atom is -0.506 e. The molecule has 0 amide bonds. The molecule has 0 bridgehead atoms. The molecule has 0 fully saturated rings. The molecule has 10 nitrogen and oxygen atoms in total. The summed E-state index contributed by atoms with van der Waals surface area (Å²) in [6, 6.07) is 15.9. The molecule has 1 unspecified atom stereocenters. The van der Waals surface area contributed by atoms with Crippen LogP contribution < -0.4 is 20.5 Å². The predicted octanol–water partition coefficient (Wildman–Crippen LogP) is 2.43. The van der Waals surface area contributed by atoms with Crippen LogP contribution in [-0.2, 0) is 0 Å². The number of hydrogen-bond acceptors (Lipinski definition) is 10. The first-order valence-corrected chi connectivity index (χ1v) is 12.9. The molecule has 192 valence electrons. The smallest absolute Gasteiger partial charge is 0.274 e. The lowest BCUT2D eigenvalue weighted by molar-refractivity contribution is 0.479. The third-order valence-corrected chi connectivity index (χ3v) is 8.13. The van der Waals surface area contributed by atoms with Gasteiger partial charge in [0.1, 0.15) is 39.3 Å². The maximum Gasteiger partial charge on any atom is 0.274 e. The van der Waals surface area contributed by atoms with Crippen molar-refractivity contribution in [1.29, 1.82) is 5.26 Å². The SMILES string of the molecule is N#CC1=c2s/c(=C/c3ccc(O)c4ncccc34)c(=O)n2-c2ncnc(N)c2C1c1ccc(O)c2ncccc12. The first kappa shape index (κ1) is 23.5. The predicted molar refractivity (Wildman–Crippen MR) is 150 cm³/mol. The van der Waals surface area contributed by atoms with Gasteiger partial charge < -0.3 is 15.9 Å². The molecule has 4 N–H and O–H groups in total. The van der Waals surface area contributed by atoms with E-state index in [0.717, 1.165) is 11.3 Å². The summed E-state index contributed by atoms with van der Waals surface area (Å²) in [5.41, 5.74) is 8.89. The summed E-state index contributed by atoms with van der Waals surface area (Å²) < 4.78 is 2.18. The van der Waals surface area contributed by atoms with Crippen LogP contribution in [0.15, 0.2) is 72.0 Å². The van der Waals surface area contributed by atoms with Crippen LogP contribution in [0.3, 0.4) is 0 Å². The number of pyridine rings is 2. The van der Waals surface area contributed by atoms with Gasteiger partial charge in [0, 0.05) is 23.2 Å². The third kappa shape index (κ3) is 3.30. The number of nitrogen functional groups attached to an aromatic ring is 1. The van der Waals surface area contributed by atoms with E-state index in [2.05, 4.69) is 26.0 Å². The standard InChI is InChI=1S/C29H17N7O3S/c30-12-18-22(16-6-8-20(38)25-17(16)4-2-10-33-25)23-26(31)34-13-35-27(23)36-28(39)21(40-29(18)36)11-14-5-7-19(37)24-15(14)3-1-9-32-24/h1-11,13,22,37-38H,(H2,31,34,35)/b21-11+. The van der Waals surface area contributed by atoms with Crippen molar-refractivity contribution in [3.8, 4) is 23.4 Å². The number of rotatable bonds is 2. The van der Waals surface area contributed by atoms with Crippen LogP contribution >= 0.6 is 11.3 Å². The van der Waals surface area contributed by atoms with Gasteiger partial charge >= 0.3 is 0 Å². The third-order valence-electron chi connectivity index (χ3n) is 7.02. The number of hydrogen-bond donors (Lipinski definition) is 3. The molecule has 1 aliphatic rings. The lowest BCUT2D eigenvalue weighted by Crippen LogP contribution is -2.36. The van der Waals surface area contributed by atoms with E-state index in [1.165, 1.54) is 23.0 Å². The maximum atomic E-state index is 13.9. The van der Waals surface area contributed by atoms with Gasteiger partial charge in [-0.05, 0) is 41.5 Å². The Hall–Kier alpha value is -5.60. The second kappa shape index (κ2) is 8.72. The summed E-state index contributed by atoms with van der Waals surface area (Å²) in [5.74, 6) is -0.244. The van der Waals surface area contributed by atoms with Crippen molar-refractivity contribution < 1.29 is 10.2 Å². The zero-order valence-electron chi connectivity index (χ0n) is 20.5. The number of anilines is 1. The van der Waals surface area contributed by atoms with E-state index < -0.39 is 5.92 Å². The molecule has 40 heavy (non-hydrogen) atoms. The molecule has 2 aromatic carbocycles. The van der Waals surface area contributed by atoms with Crippen LogP contribution in [0, 0.1) is 11.3 Å². The maximum absolute atomic E-state index is 13.9. The molecule has 4 aromatic heterocycles. The van der Waals surface area contributed by atoms with Gasteiger partial charge in [-0.3, -0.25) is 14.8 Å². The lowest BCUT2D eigenvalue weighted by Gasteiger charge is -2.25. The van der Waals surface area contributed by atoms with E-state index in [-0.39, 0.29) is 28.7 Å². The summed E-state index contributed by atoms with van der Waals surface area (Å²) in [5, 5.41) is 32.5. The highest BCUT2D eigenvalue weighted by molar-refractivity contribution is 7.07. The topological polar surface area (TPSA) is 164 Å². The normalized spacial score (nSPS) is 14.7. The number of benzene rings is 2. The van der Waals surface area contributed by atoms with Gasteiger partial charge in [0.2, 0.25) is 0 Å². The molecule has 0 saturated carbocycles. The van der Waals surface area contributed by atoms with Crippen LogP contribution in [-0.4, -0.2) is 34.7 Å². The molecule has 11 heteroatoms. The van der Waals surface area contributed by atoms with E-state index in [0.29, 0.717) is 53.3 Å². The Morgan fingerprint density at radius 3 is 2.40 bits per heavy atom. The highest BCUT2D eigenvalue weighted by atomic mass is 32.1. The Morgan fingerprint density at radius 2 is 1.65 bits per heavy atom. The molecule has 7 rings (SSSR count). The highest BCUT2D eigenvalue weighted by Crippen LogP contribution is 2.42. The number of nitriles is 1. The highest BCUT2D eigenvalue weighted by Gasteiger charge is 2.35. The molecule has 6 aromatic rings. The zero-order chi connectivity index (χ0) is 27.5. The number of aromatic hydroxyl groups is 2. The number of nitrogens with two attached hydrogens (primary N) is 1. The second-order valence-corrected chi connectivity index (χ2v) is 10.2. The molecule has 0 aliphatic carbocycles.